The van der Waals surface area contributed by atoms with E-state index in [9.17, 15) is 0 Å². The van der Waals surface area contributed by atoms with Gasteiger partial charge < -0.3 is 5.02 Å². The summed E-state index contributed by atoms with van der Waals surface area (Å²) < 4.78 is 0. The summed E-state index contributed by atoms with van der Waals surface area (Å²) in [5.41, 5.74) is 2.22. The molecule has 0 saturated heterocycles. The molecule has 1 aromatic rings. The lowest BCUT2D eigenvalue weighted by molar-refractivity contribution is 0.615. The normalized spacial score (nSPS) is 9.83. The molecule has 0 aliphatic rings. The number of aryl methyl sites for hydroxylation is 1. The van der Waals surface area contributed by atoms with Gasteiger partial charge in [-0.1, -0.05) is 43.1 Å². The Morgan fingerprint density at radius 3 is 2.42 bits per heavy atom. The highest BCUT2D eigenvalue weighted by Crippen LogP contribution is 2.02. The Labute approximate surface area is 74.7 Å². The molecule has 0 spiro atoms. The third-order valence-electron chi connectivity index (χ3n) is 1.95. The average Bonchev–Trinajstić information content (AvgIpc) is 2.15. The zero-order valence-corrected chi connectivity index (χ0v) is 7.46. The van der Waals surface area contributed by atoms with Crippen molar-refractivity contribution in [2.45, 2.75) is 26.2 Å². The van der Waals surface area contributed by atoms with Crippen molar-refractivity contribution in [2.24, 2.45) is 0 Å². The van der Waals surface area contributed by atoms with E-state index in [1.165, 1.54) is 18.4 Å². The van der Waals surface area contributed by atoms with Crippen LogP contribution in [0.25, 0.3) is 0 Å². The summed E-state index contributed by atoms with van der Waals surface area (Å²) in [6.07, 6.45) is 3.61. The topological polar surface area (TPSA) is 20.2 Å². The first kappa shape index (κ1) is 9.33. The highest BCUT2D eigenvalue weighted by atomic mass is 16.2. The minimum Gasteiger partial charge on any atom is -0.450 e. The van der Waals surface area contributed by atoms with E-state index in [4.69, 9.17) is 5.02 Å². The highest BCUT2D eigenvalue weighted by Gasteiger charge is 1.94. The molecule has 1 rings (SSSR count). The maximum absolute atomic E-state index is 8.68. The molecule has 1 radical (unpaired) electrons. The van der Waals surface area contributed by atoms with E-state index in [-0.39, 0.29) is 0 Å². The van der Waals surface area contributed by atoms with Crippen molar-refractivity contribution in [1.29, 1.82) is 0 Å². The van der Waals surface area contributed by atoms with Crippen molar-refractivity contribution in [1.82, 2.24) is 0 Å². The lowest BCUT2D eigenvalue weighted by Crippen LogP contribution is -2.12. The second-order valence-electron chi connectivity index (χ2n) is 2.97. The van der Waals surface area contributed by atoms with Crippen LogP contribution >= 0.6 is 0 Å². The van der Waals surface area contributed by atoms with Crippen molar-refractivity contribution in [3.05, 3.63) is 29.8 Å². The number of hydrogen-bond acceptors (Lipinski definition) is 1. The van der Waals surface area contributed by atoms with Gasteiger partial charge in [0.05, 0.1) is 0 Å². The molecule has 0 saturated carbocycles. The molecular formula is C10H14BO. The summed E-state index contributed by atoms with van der Waals surface area (Å²) >= 11 is 0. The number of hydrogen-bond donors (Lipinski definition) is 1. The van der Waals surface area contributed by atoms with Gasteiger partial charge in [-0.15, -0.1) is 0 Å². The second-order valence-corrected chi connectivity index (χ2v) is 2.97. The zero-order valence-electron chi connectivity index (χ0n) is 7.46. The predicted octanol–water partition coefficient (Wildman–Crippen LogP) is 1.27. The molecule has 0 bridgehead atoms. The minimum absolute atomic E-state index is 0.871. The number of benzene rings is 1. The molecule has 12 heavy (non-hydrogen) atoms. The fourth-order valence-corrected chi connectivity index (χ4v) is 1.15. The largest absolute Gasteiger partial charge is 0.450 e. The number of rotatable bonds is 4. The number of unbranched alkanes of at least 4 members (excludes halogenated alkanes) is 1. The molecule has 0 aliphatic heterocycles. The Morgan fingerprint density at radius 1 is 1.25 bits per heavy atom. The summed E-state index contributed by atoms with van der Waals surface area (Å²) in [7, 11) is 1.13. The van der Waals surface area contributed by atoms with Gasteiger partial charge in [-0.25, -0.2) is 0 Å². The smallest absolute Gasteiger partial charge is 0.326 e. The van der Waals surface area contributed by atoms with Gasteiger partial charge in [0.1, 0.15) is 0 Å². The van der Waals surface area contributed by atoms with E-state index in [1.54, 1.807) is 0 Å². The van der Waals surface area contributed by atoms with Crippen LogP contribution in [0.1, 0.15) is 25.3 Å². The Kier molecular flexibility index (Phi) is 3.88. The Bertz CT molecular complexity index is 218. The molecule has 1 N–H and O–H groups in total. The van der Waals surface area contributed by atoms with Crippen LogP contribution in [-0.2, 0) is 6.42 Å². The van der Waals surface area contributed by atoms with Crippen molar-refractivity contribution in [3.8, 4) is 0 Å². The van der Waals surface area contributed by atoms with Gasteiger partial charge >= 0.3 is 7.48 Å². The van der Waals surface area contributed by atoms with Gasteiger partial charge in [0.2, 0.25) is 0 Å². The first-order valence-electron chi connectivity index (χ1n) is 4.43. The van der Waals surface area contributed by atoms with Gasteiger partial charge in [0, 0.05) is 0 Å². The van der Waals surface area contributed by atoms with Gasteiger partial charge in [-0.3, -0.25) is 0 Å². The standard InChI is InChI=1S/C10H14BO/c1-2-3-4-9-5-7-10(11-12)8-6-9/h5-8,12H,2-4H2,1H3. The molecule has 2 heteroatoms. The molecule has 0 aromatic heterocycles. The van der Waals surface area contributed by atoms with E-state index in [1.807, 2.05) is 12.1 Å². The van der Waals surface area contributed by atoms with Crippen molar-refractivity contribution < 1.29 is 5.02 Å². The fraction of sp³-hybridized carbons (Fsp3) is 0.400. The summed E-state index contributed by atoms with van der Waals surface area (Å²) in [5.74, 6) is 0. The van der Waals surface area contributed by atoms with Gasteiger partial charge in [-0.2, -0.15) is 0 Å². The van der Waals surface area contributed by atoms with Crippen molar-refractivity contribution in [3.63, 3.8) is 0 Å². The zero-order chi connectivity index (χ0) is 8.81. The van der Waals surface area contributed by atoms with Gasteiger partial charge in [-0.05, 0) is 18.4 Å². The van der Waals surface area contributed by atoms with Crippen molar-refractivity contribution >= 4 is 12.9 Å². The first-order chi connectivity index (χ1) is 5.86. The van der Waals surface area contributed by atoms with E-state index in [2.05, 4.69) is 19.1 Å². The summed E-state index contributed by atoms with van der Waals surface area (Å²) in [6.45, 7) is 2.19. The van der Waals surface area contributed by atoms with E-state index in [0.29, 0.717) is 0 Å². The van der Waals surface area contributed by atoms with Crippen LogP contribution in [0.15, 0.2) is 24.3 Å². The third-order valence-corrected chi connectivity index (χ3v) is 1.95. The minimum atomic E-state index is 0.871. The molecule has 0 atom stereocenters. The SMILES string of the molecule is CCCCc1ccc([B]O)cc1. The quantitative estimate of drug-likeness (QED) is 0.659. The van der Waals surface area contributed by atoms with Gasteiger partial charge in [0.15, 0.2) is 0 Å². The average molecular weight is 161 g/mol. The molecule has 0 aliphatic carbocycles. The van der Waals surface area contributed by atoms with Crippen LogP contribution in [0.5, 0.6) is 0 Å². The molecule has 0 heterocycles. The maximum Gasteiger partial charge on any atom is 0.326 e. The molecule has 63 valence electrons. The van der Waals surface area contributed by atoms with Crippen LogP contribution < -0.4 is 5.46 Å². The second kappa shape index (κ2) is 4.99. The lowest BCUT2D eigenvalue weighted by Gasteiger charge is -1.99. The fourth-order valence-electron chi connectivity index (χ4n) is 1.15. The van der Waals surface area contributed by atoms with Gasteiger partial charge in [0.25, 0.3) is 0 Å². The monoisotopic (exact) mass is 161 g/mol. The van der Waals surface area contributed by atoms with Crippen LogP contribution in [0.3, 0.4) is 0 Å². The Morgan fingerprint density at radius 2 is 1.92 bits per heavy atom. The maximum atomic E-state index is 8.68. The van der Waals surface area contributed by atoms with Crippen molar-refractivity contribution in [2.75, 3.05) is 0 Å². The Balaban J connectivity index is 2.53. The molecule has 1 aromatic carbocycles. The highest BCUT2D eigenvalue weighted by molar-refractivity contribution is 6.45. The summed E-state index contributed by atoms with van der Waals surface area (Å²) in [4.78, 5) is 0. The van der Waals surface area contributed by atoms with E-state index in [0.717, 1.165) is 19.4 Å². The van der Waals surface area contributed by atoms with Crippen LogP contribution in [-0.4, -0.2) is 12.5 Å². The molecule has 0 fully saturated rings. The van der Waals surface area contributed by atoms with E-state index >= 15 is 0 Å². The Hall–Kier alpha value is -0.755. The molecular weight excluding hydrogens is 147 g/mol. The molecule has 0 unspecified atom stereocenters. The van der Waals surface area contributed by atoms with E-state index < -0.39 is 0 Å². The third kappa shape index (κ3) is 2.70. The lowest BCUT2D eigenvalue weighted by atomic mass is 9.88. The van der Waals surface area contributed by atoms with Crippen LogP contribution in [0, 0.1) is 0 Å². The predicted molar refractivity (Wildman–Crippen MR) is 52.7 cm³/mol. The van der Waals surface area contributed by atoms with Crippen LogP contribution in [0.4, 0.5) is 0 Å². The first-order valence-corrected chi connectivity index (χ1v) is 4.43. The molecule has 1 nitrogen and oxygen atoms in total. The summed E-state index contributed by atoms with van der Waals surface area (Å²) in [5, 5.41) is 8.68. The van der Waals surface area contributed by atoms with Crippen LogP contribution in [0.2, 0.25) is 0 Å². The molecule has 0 amide bonds. The summed E-state index contributed by atoms with van der Waals surface area (Å²) in [6, 6.07) is 8.01.